The van der Waals surface area contributed by atoms with Crippen molar-refractivity contribution in [2.75, 3.05) is 5.32 Å². The predicted molar refractivity (Wildman–Crippen MR) is 160 cm³/mol. The van der Waals surface area contributed by atoms with Crippen molar-refractivity contribution >= 4 is 28.2 Å². The summed E-state index contributed by atoms with van der Waals surface area (Å²) in [5.41, 5.74) is 3.03. The van der Waals surface area contributed by atoms with Gasteiger partial charge >= 0.3 is 0 Å². The van der Waals surface area contributed by atoms with Crippen molar-refractivity contribution in [1.29, 1.82) is 10.5 Å². The molecule has 3 aromatic carbocycles. The van der Waals surface area contributed by atoms with Gasteiger partial charge in [-0.05, 0) is 60.6 Å². The third-order valence-corrected chi connectivity index (χ3v) is 7.89. The highest BCUT2D eigenvalue weighted by atomic mass is 35.5. The van der Waals surface area contributed by atoms with Crippen molar-refractivity contribution in [1.82, 2.24) is 20.0 Å². The molecule has 0 amide bonds. The molecule has 0 saturated heterocycles. The van der Waals surface area contributed by atoms with Gasteiger partial charge in [0.05, 0.1) is 56.6 Å². The Kier molecular flexibility index (Phi) is 7.22. The highest BCUT2D eigenvalue weighted by Crippen LogP contribution is 2.40. The number of nitrogens with zero attached hydrogens (tertiary/aromatic N) is 6. The number of benzene rings is 3. The first kappa shape index (κ1) is 26.1. The van der Waals surface area contributed by atoms with Crippen molar-refractivity contribution in [3.05, 3.63) is 117 Å². The SMILES string of the molecule is [2H][C@@](Cc1cc(Cl)c2ncc(C#N)c(N[C@H](CC)c3ccccc3)c2c1F)(c1cccc(C#N)c1)c1cn(C2CC2)nn1. The summed E-state index contributed by atoms with van der Waals surface area (Å²) in [6.07, 6.45) is 5.62. The third kappa shape index (κ3) is 5.30. The van der Waals surface area contributed by atoms with Gasteiger partial charge in [0.25, 0.3) is 0 Å². The van der Waals surface area contributed by atoms with E-state index in [1.807, 2.05) is 37.3 Å². The first-order chi connectivity index (χ1) is 20.9. The standard InChI is InChI=1S/C33H27ClFN7/c1-2-28(21-8-4-3-5-9-21)39-32-24(17-37)18-38-33-27(34)15-23(31(35)30(32)33)14-26(22-10-6-7-20(13-22)16-36)29-19-42(41-40-29)25-11-12-25/h3-10,13,15,18-19,25-26,28H,2,11-12,14H2,1H3,(H,38,39)/t26-,28-/m1/s1/i26D. The second-order valence-electron chi connectivity index (χ2n) is 10.4. The Hall–Kier alpha value is -4.79. The van der Waals surface area contributed by atoms with E-state index in [2.05, 4.69) is 32.8 Å². The number of hydrogen-bond donors (Lipinski definition) is 1. The van der Waals surface area contributed by atoms with E-state index in [1.54, 1.807) is 35.1 Å². The minimum Gasteiger partial charge on any atom is -0.376 e. The Morgan fingerprint density at radius 2 is 1.90 bits per heavy atom. The van der Waals surface area contributed by atoms with Crippen LogP contribution in [0, 0.1) is 28.5 Å². The van der Waals surface area contributed by atoms with Gasteiger partial charge < -0.3 is 5.32 Å². The van der Waals surface area contributed by atoms with E-state index < -0.39 is 11.7 Å². The summed E-state index contributed by atoms with van der Waals surface area (Å²) in [6.45, 7) is 2.01. The third-order valence-electron chi connectivity index (χ3n) is 7.60. The largest absolute Gasteiger partial charge is 0.376 e. The van der Waals surface area contributed by atoms with E-state index in [9.17, 15) is 11.9 Å². The molecule has 9 heteroatoms. The Bertz CT molecular complexity index is 1910. The molecule has 2 aromatic heterocycles. The molecular formula is C33H27ClFN7. The molecule has 2 atom stereocenters. The quantitative estimate of drug-likeness (QED) is 0.193. The van der Waals surface area contributed by atoms with Gasteiger partial charge in [-0.25, -0.2) is 9.07 Å². The number of hydrogen-bond acceptors (Lipinski definition) is 6. The van der Waals surface area contributed by atoms with Gasteiger partial charge in [-0.3, -0.25) is 4.98 Å². The van der Waals surface area contributed by atoms with E-state index >= 15 is 4.39 Å². The summed E-state index contributed by atoms with van der Waals surface area (Å²) < 4.78 is 28.3. The number of halogens is 2. The van der Waals surface area contributed by atoms with Gasteiger partial charge in [0, 0.05) is 19.7 Å². The summed E-state index contributed by atoms with van der Waals surface area (Å²) in [5, 5.41) is 31.8. The molecule has 0 aliphatic heterocycles. The van der Waals surface area contributed by atoms with Crippen LogP contribution in [0.5, 0.6) is 0 Å². The molecular weight excluding hydrogens is 549 g/mol. The molecule has 42 heavy (non-hydrogen) atoms. The molecule has 0 radical (unpaired) electrons. The number of fused-ring (bicyclic) bond motifs is 1. The molecule has 1 aliphatic rings. The fourth-order valence-corrected chi connectivity index (χ4v) is 5.51. The van der Waals surface area contributed by atoms with Crippen molar-refractivity contribution in [3.63, 3.8) is 0 Å². The normalized spacial score (nSPS) is 15.3. The molecule has 5 aromatic rings. The zero-order valence-corrected chi connectivity index (χ0v) is 23.6. The highest BCUT2D eigenvalue weighted by molar-refractivity contribution is 6.35. The van der Waals surface area contributed by atoms with Crippen molar-refractivity contribution in [3.8, 4) is 12.1 Å². The summed E-state index contributed by atoms with van der Waals surface area (Å²) in [5.74, 6) is -2.22. The van der Waals surface area contributed by atoms with Crippen LogP contribution in [-0.2, 0) is 6.42 Å². The molecule has 1 aliphatic carbocycles. The lowest BCUT2D eigenvalue weighted by atomic mass is 9.88. The summed E-state index contributed by atoms with van der Waals surface area (Å²) in [7, 11) is 0. The first-order valence-corrected chi connectivity index (χ1v) is 14.2. The number of nitriles is 2. The molecule has 208 valence electrons. The van der Waals surface area contributed by atoms with Crippen LogP contribution >= 0.6 is 11.6 Å². The van der Waals surface area contributed by atoms with E-state index in [0.717, 1.165) is 18.4 Å². The zero-order chi connectivity index (χ0) is 30.1. The number of rotatable bonds is 9. The van der Waals surface area contributed by atoms with Gasteiger partial charge in [-0.2, -0.15) is 10.5 Å². The predicted octanol–water partition coefficient (Wildman–Crippen LogP) is 7.63. The minimum atomic E-state index is -1.60. The van der Waals surface area contributed by atoms with Crippen molar-refractivity contribution < 1.29 is 5.76 Å². The van der Waals surface area contributed by atoms with Gasteiger partial charge in [0.1, 0.15) is 11.9 Å². The average Bonchev–Trinajstić information content (AvgIpc) is 3.77. The number of aromatic nitrogens is 4. The maximum atomic E-state index is 16.8. The molecule has 1 fully saturated rings. The van der Waals surface area contributed by atoms with Crippen LogP contribution in [0.1, 0.15) is 79.0 Å². The maximum absolute atomic E-state index is 16.8. The van der Waals surface area contributed by atoms with Crippen LogP contribution in [0.25, 0.3) is 10.9 Å². The molecule has 0 unspecified atom stereocenters. The van der Waals surface area contributed by atoms with Crippen LogP contribution in [0.15, 0.2) is 73.1 Å². The number of pyridine rings is 1. The van der Waals surface area contributed by atoms with Crippen LogP contribution in [-0.4, -0.2) is 20.0 Å². The Labute approximate surface area is 249 Å². The molecule has 0 bridgehead atoms. The lowest BCUT2D eigenvalue weighted by Crippen LogP contribution is -2.13. The fourth-order valence-electron chi connectivity index (χ4n) is 5.24. The monoisotopic (exact) mass is 576 g/mol. The zero-order valence-electron chi connectivity index (χ0n) is 23.9. The van der Waals surface area contributed by atoms with E-state index in [1.165, 1.54) is 12.3 Å². The summed E-state index contributed by atoms with van der Waals surface area (Å²) >= 11 is 6.74. The second-order valence-corrected chi connectivity index (χ2v) is 10.8. The Morgan fingerprint density at radius 3 is 2.62 bits per heavy atom. The minimum absolute atomic E-state index is 0.0886. The van der Waals surface area contributed by atoms with Gasteiger partial charge in [-0.1, -0.05) is 66.2 Å². The average molecular weight is 577 g/mol. The molecule has 6 rings (SSSR count). The Balaban J connectivity index is 1.51. The molecule has 0 spiro atoms. The maximum Gasteiger partial charge on any atom is 0.138 e. The van der Waals surface area contributed by atoms with Crippen LogP contribution in [0.3, 0.4) is 0 Å². The smallest absolute Gasteiger partial charge is 0.138 e. The van der Waals surface area contributed by atoms with Crippen molar-refractivity contribution in [2.24, 2.45) is 0 Å². The summed E-state index contributed by atoms with van der Waals surface area (Å²) in [4.78, 5) is 4.34. The highest BCUT2D eigenvalue weighted by Gasteiger charge is 2.29. The lowest BCUT2D eigenvalue weighted by molar-refractivity contribution is 0.607. The number of nitrogens with one attached hydrogen (secondary N) is 1. The van der Waals surface area contributed by atoms with E-state index in [0.29, 0.717) is 28.9 Å². The van der Waals surface area contributed by atoms with Crippen LogP contribution in [0.4, 0.5) is 10.1 Å². The van der Waals surface area contributed by atoms with Gasteiger partial charge in [0.2, 0.25) is 0 Å². The Morgan fingerprint density at radius 1 is 1.12 bits per heavy atom. The lowest BCUT2D eigenvalue weighted by Gasteiger charge is -2.22. The number of anilines is 1. The summed E-state index contributed by atoms with van der Waals surface area (Å²) in [6, 6.07) is 22.2. The van der Waals surface area contributed by atoms with Crippen LogP contribution < -0.4 is 5.32 Å². The molecule has 1 N–H and O–H groups in total. The van der Waals surface area contributed by atoms with Crippen molar-refractivity contribution in [2.45, 2.75) is 50.6 Å². The van der Waals surface area contributed by atoms with Gasteiger partial charge in [0.15, 0.2) is 0 Å². The van der Waals surface area contributed by atoms with E-state index in [-0.39, 0.29) is 45.6 Å². The van der Waals surface area contributed by atoms with E-state index in [4.69, 9.17) is 11.6 Å². The molecule has 1 saturated carbocycles. The molecule has 7 nitrogen and oxygen atoms in total. The van der Waals surface area contributed by atoms with Gasteiger partial charge in [-0.15, -0.1) is 5.10 Å². The topological polar surface area (TPSA) is 103 Å². The molecule has 2 heterocycles. The fraction of sp³-hybridized carbons (Fsp3) is 0.242. The second kappa shape index (κ2) is 11.6. The van der Waals surface area contributed by atoms with Crippen LogP contribution in [0.2, 0.25) is 5.02 Å². The first-order valence-electron chi connectivity index (χ1n) is 14.3.